The van der Waals surface area contributed by atoms with E-state index in [0.717, 1.165) is 12.8 Å². The molecule has 0 bridgehead atoms. The molecule has 1 fully saturated rings. The molecule has 13 heteroatoms. The van der Waals surface area contributed by atoms with Crippen molar-refractivity contribution in [2.75, 3.05) is 17.7 Å². The number of carbonyl (C=O) groups is 1. The third kappa shape index (κ3) is 7.25. The minimum absolute atomic E-state index is 0.0482. The Morgan fingerprint density at radius 1 is 1.17 bits per heavy atom. The summed E-state index contributed by atoms with van der Waals surface area (Å²) in [5, 5.41) is 6.15. The number of para-hydroxylation sites is 1. The van der Waals surface area contributed by atoms with Gasteiger partial charge in [-0.2, -0.15) is 15.1 Å². The van der Waals surface area contributed by atoms with E-state index >= 15 is 0 Å². The van der Waals surface area contributed by atoms with E-state index in [2.05, 4.69) is 25.4 Å². The Labute approximate surface area is 239 Å². The molecule has 2 aliphatic carbocycles. The normalized spacial score (nSPS) is 20.7. The van der Waals surface area contributed by atoms with Gasteiger partial charge >= 0.3 is 13.7 Å². The van der Waals surface area contributed by atoms with Crippen LogP contribution >= 0.6 is 7.75 Å². The van der Waals surface area contributed by atoms with Crippen molar-refractivity contribution in [1.29, 1.82) is 0 Å². The number of allylic oxidation sites excluding steroid dienone is 1. The highest BCUT2D eigenvalue weighted by Gasteiger charge is 2.35. The SMILES string of the molecule is CCC(CC)OC(=O)[C@H](C)NP(=O)(OC[C@@H]1C=CC(n2cnc3c(NC4CC4)nc(N)nc32)C1)Oc1ccccc1. The molecule has 0 saturated heterocycles. The molecule has 0 aliphatic heterocycles. The highest BCUT2D eigenvalue weighted by atomic mass is 31.2. The van der Waals surface area contributed by atoms with Crippen LogP contribution in [-0.4, -0.2) is 50.3 Å². The maximum atomic E-state index is 13.9. The number of nitrogens with one attached hydrogen (secondary N) is 2. The Hall–Kier alpha value is -3.47. The summed E-state index contributed by atoms with van der Waals surface area (Å²) in [6.07, 6.45) is 9.86. The van der Waals surface area contributed by atoms with Crippen LogP contribution in [0.2, 0.25) is 0 Å². The van der Waals surface area contributed by atoms with Crippen molar-refractivity contribution in [2.45, 2.75) is 77.1 Å². The molecule has 2 aliphatic rings. The van der Waals surface area contributed by atoms with E-state index in [1.54, 1.807) is 37.5 Å². The van der Waals surface area contributed by atoms with Crippen LogP contribution in [0.3, 0.4) is 0 Å². The summed E-state index contributed by atoms with van der Waals surface area (Å²) in [7, 11) is -3.95. The van der Waals surface area contributed by atoms with E-state index in [1.165, 1.54) is 0 Å². The molecule has 0 amide bonds. The van der Waals surface area contributed by atoms with Crippen LogP contribution in [0.4, 0.5) is 11.8 Å². The molecule has 1 aromatic carbocycles. The third-order valence-electron chi connectivity index (χ3n) is 7.19. The lowest BCUT2D eigenvalue weighted by Gasteiger charge is -2.25. The molecule has 5 rings (SSSR count). The number of benzene rings is 1. The van der Waals surface area contributed by atoms with Crippen LogP contribution in [-0.2, 0) is 18.6 Å². The van der Waals surface area contributed by atoms with Gasteiger partial charge in [-0.05, 0) is 51.2 Å². The predicted octanol–water partition coefficient (Wildman–Crippen LogP) is 5.01. The first kappa shape index (κ1) is 29.0. The minimum Gasteiger partial charge on any atom is -0.461 e. The molecular weight excluding hydrogens is 545 g/mol. The molecule has 3 aromatic rings. The smallest absolute Gasteiger partial charge is 0.459 e. The molecule has 2 unspecified atom stereocenters. The van der Waals surface area contributed by atoms with Crippen molar-refractivity contribution in [3.8, 4) is 5.75 Å². The zero-order valence-corrected chi connectivity index (χ0v) is 24.5. The molecule has 2 heterocycles. The van der Waals surface area contributed by atoms with Crippen molar-refractivity contribution in [3.05, 3.63) is 48.8 Å². The summed E-state index contributed by atoms with van der Waals surface area (Å²) in [5.74, 6) is 0.621. The Morgan fingerprint density at radius 2 is 1.93 bits per heavy atom. The summed E-state index contributed by atoms with van der Waals surface area (Å²) in [6.45, 7) is 5.60. The number of carbonyl (C=O) groups excluding carboxylic acids is 1. The lowest BCUT2D eigenvalue weighted by atomic mass is 10.1. The second kappa shape index (κ2) is 12.6. The van der Waals surface area contributed by atoms with Gasteiger partial charge in [-0.3, -0.25) is 9.32 Å². The van der Waals surface area contributed by atoms with E-state index in [1.807, 2.05) is 36.6 Å². The second-order valence-corrected chi connectivity index (χ2v) is 12.2. The zero-order valence-electron chi connectivity index (χ0n) is 23.6. The van der Waals surface area contributed by atoms with Gasteiger partial charge in [0.1, 0.15) is 17.9 Å². The molecule has 1 saturated carbocycles. The van der Waals surface area contributed by atoms with E-state index in [-0.39, 0.29) is 30.6 Å². The quantitative estimate of drug-likeness (QED) is 0.133. The molecule has 41 heavy (non-hydrogen) atoms. The maximum absolute atomic E-state index is 13.9. The van der Waals surface area contributed by atoms with Crippen LogP contribution < -0.4 is 20.7 Å². The van der Waals surface area contributed by atoms with Gasteiger partial charge in [0, 0.05) is 12.0 Å². The summed E-state index contributed by atoms with van der Waals surface area (Å²) in [5.41, 5.74) is 7.34. The molecule has 220 valence electrons. The molecule has 2 aromatic heterocycles. The summed E-state index contributed by atoms with van der Waals surface area (Å²) >= 11 is 0. The summed E-state index contributed by atoms with van der Waals surface area (Å²) in [6, 6.07) is 8.18. The first-order valence-electron chi connectivity index (χ1n) is 14.2. The first-order valence-corrected chi connectivity index (χ1v) is 15.7. The topological polar surface area (TPSA) is 156 Å². The highest BCUT2D eigenvalue weighted by Crippen LogP contribution is 2.46. The minimum atomic E-state index is -3.95. The monoisotopic (exact) mass is 583 g/mol. The third-order valence-corrected chi connectivity index (χ3v) is 8.83. The Bertz CT molecular complexity index is 1420. The van der Waals surface area contributed by atoms with Crippen LogP contribution in [0.15, 0.2) is 48.8 Å². The standard InChI is InChI=1S/C28H38N7O5P/c1-4-22(5-2)39-27(36)18(3)34-41(37,40-23-9-7-6-8-10-23)38-16-19-11-14-21(15-19)35-17-30-24-25(31-20-12-13-20)32-28(29)33-26(24)35/h6-11,14,17-22H,4-5,12-13,15-16H2,1-3H3,(H,34,37)(H3,29,31,32,33)/t18-,19+,21?,41?/m0/s1. The Morgan fingerprint density at radius 3 is 2.63 bits per heavy atom. The number of hydrogen-bond donors (Lipinski definition) is 3. The predicted molar refractivity (Wildman–Crippen MR) is 156 cm³/mol. The van der Waals surface area contributed by atoms with Gasteiger partial charge in [-0.25, -0.2) is 9.55 Å². The van der Waals surface area contributed by atoms with Gasteiger partial charge in [0.15, 0.2) is 17.0 Å². The number of anilines is 2. The molecular formula is C28H38N7O5P. The van der Waals surface area contributed by atoms with Crippen LogP contribution in [0.25, 0.3) is 11.2 Å². The number of imidazole rings is 1. The van der Waals surface area contributed by atoms with E-state index in [0.29, 0.717) is 48.0 Å². The highest BCUT2D eigenvalue weighted by molar-refractivity contribution is 7.52. The lowest BCUT2D eigenvalue weighted by molar-refractivity contribution is -0.151. The number of nitrogens with zero attached hydrogens (tertiary/aromatic N) is 4. The van der Waals surface area contributed by atoms with Crippen LogP contribution in [0, 0.1) is 5.92 Å². The Kier molecular flexibility index (Phi) is 8.91. The average molecular weight is 584 g/mol. The van der Waals surface area contributed by atoms with Gasteiger partial charge < -0.3 is 24.9 Å². The van der Waals surface area contributed by atoms with Gasteiger partial charge in [0.25, 0.3) is 0 Å². The molecule has 0 radical (unpaired) electrons. The fraction of sp³-hybridized carbons (Fsp3) is 0.500. The largest absolute Gasteiger partial charge is 0.461 e. The molecule has 4 atom stereocenters. The number of hydrogen-bond acceptors (Lipinski definition) is 10. The number of esters is 1. The first-order chi connectivity index (χ1) is 19.8. The molecule has 4 N–H and O–H groups in total. The van der Waals surface area contributed by atoms with E-state index in [4.69, 9.17) is 19.5 Å². The van der Waals surface area contributed by atoms with Crippen molar-refractivity contribution < 1.29 is 23.1 Å². The number of ether oxygens (including phenoxy) is 1. The molecule has 0 spiro atoms. The van der Waals surface area contributed by atoms with Gasteiger partial charge in [-0.15, -0.1) is 0 Å². The van der Waals surface area contributed by atoms with Crippen molar-refractivity contribution in [1.82, 2.24) is 24.6 Å². The lowest BCUT2D eigenvalue weighted by Crippen LogP contribution is -2.37. The molecule has 12 nitrogen and oxygen atoms in total. The number of nitrogens with two attached hydrogens (primary N) is 1. The van der Waals surface area contributed by atoms with Crippen LogP contribution in [0.5, 0.6) is 5.75 Å². The van der Waals surface area contributed by atoms with E-state index in [9.17, 15) is 9.36 Å². The van der Waals surface area contributed by atoms with Crippen molar-refractivity contribution in [3.63, 3.8) is 0 Å². The Balaban J connectivity index is 1.26. The van der Waals surface area contributed by atoms with E-state index < -0.39 is 19.8 Å². The fourth-order valence-electron chi connectivity index (χ4n) is 4.70. The van der Waals surface area contributed by atoms with Crippen molar-refractivity contribution in [2.24, 2.45) is 5.92 Å². The van der Waals surface area contributed by atoms with Crippen molar-refractivity contribution >= 4 is 36.6 Å². The number of fused-ring (bicyclic) bond motifs is 1. The van der Waals surface area contributed by atoms with Gasteiger partial charge in [0.2, 0.25) is 5.95 Å². The number of nitrogen functional groups attached to an aromatic ring is 1. The summed E-state index contributed by atoms with van der Waals surface area (Å²) in [4.78, 5) is 26.1. The number of rotatable bonds is 14. The zero-order chi connectivity index (χ0) is 29.0. The second-order valence-electron chi connectivity index (χ2n) is 10.5. The van der Waals surface area contributed by atoms with Gasteiger partial charge in [0.05, 0.1) is 19.0 Å². The maximum Gasteiger partial charge on any atom is 0.459 e. The average Bonchev–Trinajstić information content (AvgIpc) is 3.47. The van der Waals surface area contributed by atoms with Gasteiger partial charge in [-0.1, -0.05) is 44.2 Å². The summed E-state index contributed by atoms with van der Waals surface area (Å²) < 4.78 is 33.1. The van der Waals surface area contributed by atoms with Crippen LogP contribution in [0.1, 0.15) is 58.9 Å². The number of aromatic nitrogens is 4. The fourth-order valence-corrected chi connectivity index (χ4v) is 6.24.